The van der Waals surface area contributed by atoms with E-state index in [2.05, 4.69) is 36.9 Å². The summed E-state index contributed by atoms with van der Waals surface area (Å²) in [5, 5.41) is 5.49. The van der Waals surface area contributed by atoms with E-state index in [9.17, 15) is 4.79 Å². The molecule has 6 nitrogen and oxygen atoms in total. The number of pyridine rings is 2. The van der Waals surface area contributed by atoms with Crippen LogP contribution in [0, 0.1) is 0 Å². The standard InChI is InChI=1S/C21H23N5O/c27-20(14-25-5-1-2-6-25)9-18-8-15-7-16(10-23-21(15)12-22-18)17-11-24-26(13-17)19-3-4-19/h7-8,10-13,19H,1-6,9,14H2. The number of Topliss-reactive ketones (excluding diaryl/α,β-unsaturated/α-hetero) is 1. The molecule has 0 aromatic carbocycles. The Bertz CT molecular complexity index is 985. The molecule has 0 radical (unpaired) electrons. The zero-order valence-electron chi connectivity index (χ0n) is 15.3. The second kappa shape index (κ2) is 6.85. The van der Waals surface area contributed by atoms with Crippen LogP contribution >= 0.6 is 0 Å². The molecule has 5 rings (SSSR count). The van der Waals surface area contributed by atoms with Crippen LogP contribution in [0.25, 0.3) is 22.0 Å². The third-order valence-corrected chi connectivity index (χ3v) is 5.46. The van der Waals surface area contributed by atoms with Gasteiger partial charge in [0, 0.05) is 34.6 Å². The zero-order valence-corrected chi connectivity index (χ0v) is 15.3. The average Bonchev–Trinajstić information content (AvgIpc) is 3.18. The van der Waals surface area contributed by atoms with Crippen molar-refractivity contribution in [1.82, 2.24) is 24.6 Å². The highest BCUT2D eigenvalue weighted by atomic mass is 16.1. The quantitative estimate of drug-likeness (QED) is 0.675. The van der Waals surface area contributed by atoms with Gasteiger partial charge in [-0.05, 0) is 50.9 Å². The molecule has 2 fully saturated rings. The molecule has 1 aliphatic carbocycles. The second-order valence-corrected chi connectivity index (χ2v) is 7.73. The van der Waals surface area contributed by atoms with Gasteiger partial charge in [-0.25, -0.2) is 0 Å². The summed E-state index contributed by atoms with van der Waals surface area (Å²) in [7, 11) is 0. The Morgan fingerprint density at radius 2 is 1.89 bits per heavy atom. The van der Waals surface area contributed by atoms with Crippen molar-refractivity contribution in [3.8, 4) is 11.1 Å². The smallest absolute Gasteiger partial charge is 0.152 e. The van der Waals surface area contributed by atoms with Crippen LogP contribution in [-0.4, -0.2) is 50.1 Å². The molecule has 1 saturated heterocycles. The minimum Gasteiger partial charge on any atom is -0.298 e. The van der Waals surface area contributed by atoms with Gasteiger partial charge in [-0.1, -0.05) is 0 Å². The number of carbonyl (C=O) groups excluding carboxylic acids is 1. The number of nitrogens with zero attached hydrogens (tertiary/aromatic N) is 5. The number of likely N-dealkylation sites (tertiary alicyclic amines) is 1. The number of aromatic nitrogens is 4. The van der Waals surface area contributed by atoms with Crippen LogP contribution < -0.4 is 0 Å². The molecule has 0 unspecified atom stereocenters. The van der Waals surface area contributed by atoms with Crippen LogP contribution in [-0.2, 0) is 11.2 Å². The SMILES string of the molecule is O=C(Cc1cc2cc(-c3cnn(C4CC4)c3)cnc2cn1)CN1CCCC1. The van der Waals surface area contributed by atoms with E-state index in [1.165, 1.54) is 25.7 Å². The van der Waals surface area contributed by atoms with Crippen molar-refractivity contribution < 1.29 is 4.79 Å². The molecule has 4 heterocycles. The Kier molecular flexibility index (Phi) is 4.20. The van der Waals surface area contributed by atoms with Gasteiger partial charge in [0.05, 0.1) is 36.9 Å². The predicted molar refractivity (Wildman–Crippen MR) is 103 cm³/mol. The van der Waals surface area contributed by atoms with Gasteiger partial charge in [-0.15, -0.1) is 0 Å². The van der Waals surface area contributed by atoms with E-state index < -0.39 is 0 Å². The largest absolute Gasteiger partial charge is 0.298 e. The Morgan fingerprint density at radius 1 is 1.04 bits per heavy atom. The Hall–Kier alpha value is -2.60. The lowest BCUT2D eigenvalue weighted by atomic mass is 10.1. The second-order valence-electron chi connectivity index (χ2n) is 7.73. The molecule has 3 aromatic heterocycles. The van der Waals surface area contributed by atoms with Gasteiger partial charge in [0.25, 0.3) is 0 Å². The molecule has 0 N–H and O–H groups in total. The molecular formula is C21H23N5O. The van der Waals surface area contributed by atoms with E-state index in [-0.39, 0.29) is 5.78 Å². The number of rotatable bonds is 6. The van der Waals surface area contributed by atoms with Crippen molar-refractivity contribution in [2.45, 2.75) is 38.1 Å². The molecule has 1 aliphatic heterocycles. The van der Waals surface area contributed by atoms with E-state index in [0.29, 0.717) is 19.0 Å². The van der Waals surface area contributed by atoms with Crippen molar-refractivity contribution >= 4 is 16.7 Å². The molecule has 0 atom stereocenters. The highest BCUT2D eigenvalue weighted by Crippen LogP contribution is 2.35. The lowest BCUT2D eigenvalue weighted by Gasteiger charge is -2.13. The van der Waals surface area contributed by atoms with E-state index in [1.54, 1.807) is 6.20 Å². The zero-order chi connectivity index (χ0) is 18.2. The van der Waals surface area contributed by atoms with Gasteiger partial charge < -0.3 is 0 Å². The van der Waals surface area contributed by atoms with Crippen molar-refractivity contribution in [2.75, 3.05) is 19.6 Å². The maximum atomic E-state index is 12.4. The summed E-state index contributed by atoms with van der Waals surface area (Å²) in [5.74, 6) is 0.235. The number of carbonyl (C=O) groups is 1. The van der Waals surface area contributed by atoms with Gasteiger partial charge >= 0.3 is 0 Å². The van der Waals surface area contributed by atoms with Crippen LogP contribution in [0.15, 0.2) is 36.9 Å². The maximum absolute atomic E-state index is 12.4. The lowest BCUT2D eigenvalue weighted by Crippen LogP contribution is -2.27. The molecular weight excluding hydrogens is 338 g/mol. The van der Waals surface area contributed by atoms with E-state index in [0.717, 1.165) is 40.8 Å². The molecule has 27 heavy (non-hydrogen) atoms. The number of fused-ring (bicyclic) bond motifs is 1. The highest BCUT2D eigenvalue weighted by Gasteiger charge is 2.24. The summed E-state index contributed by atoms with van der Waals surface area (Å²) in [4.78, 5) is 23.6. The molecule has 2 aliphatic rings. The molecule has 6 heteroatoms. The van der Waals surface area contributed by atoms with Crippen LogP contribution in [0.3, 0.4) is 0 Å². The average molecular weight is 361 g/mol. The number of hydrogen-bond donors (Lipinski definition) is 0. The summed E-state index contributed by atoms with van der Waals surface area (Å²) in [6, 6.07) is 4.69. The summed E-state index contributed by atoms with van der Waals surface area (Å²) in [6.07, 6.45) is 12.9. The van der Waals surface area contributed by atoms with Gasteiger partial charge in [0.1, 0.15) is 0 Å². The maximum Gasteiger partial charge on any atom is 0.152 e. The first kappa shape index (κ1) is 16.6. The first-order valence-corrected chi connectivity index (χ1v) is 9.78. The van der Waals surface area contributed by atoms with Crippen LogP contribution in [0.1, 0.15) is 37.4 Å². The fraction of sp³-hybridized carbons (Fsp3) is 0.429. The van der Waals surface area contributed by atoms with Gasteiger partial charge in [-0.3, -0.25) is 24.3 Å². The van der Waals surface area contributed by atoms with Crippen molar-refractivity contribution in [1.29, 1.82) is 0 Å². The summed E-state index contributed by atoms with van der Waals surface area (Å²) in [6.45, 7) is 2.62. The third kappa shape index (κ3) is 3.62. The summed E-state index contributed by atoms with van der Waals surface area (Å²) < 4.78 is 2.05. The molecule has 0 spiro atoms. The Balaban J connectivity index is 1.35. The van der Waals surface area contributed by atoms with E-state index in [1.807, 2.05) is 18.5 Å². The molecule has 0 bridgehead atoms. The summed E-state index contributed by atoms with van der Waals surface area (Å²) in [5.41, 5.74) is 3.80. The number of hydrogen-bond acceptors (Lipinski definition) is 5. The molecule has 138 valence electrons. The van der Waals surface area contributed by atoms with Crippen molar-refractivity contribution in [2.24, 2.45) is 0 Å². The Morgan fingerprint density at radius 3 is 2.70 bits per heavy atom. The van der Waals surface area contributed by atoms with Crippen molar-refractivity contribution in [3.05, 3.63) is 42.6 Å². The minimum absolute atomic E-state index is 0.235. The minimum atomic E-state index is 0.235. The predicted octanol–water partition coefficient (Wildman–Crippen LogP) is 3.04. The van der Waals surface area contributed by atoms with Gasteiger partial charge in [0.15, 0.2) is 5.78 Å². The topological polar surface area (TPSA) is 63.9 Å². The van der Waals surface area contributed by atoms with Crippen molar-refractivity contribution in [3.63, 3.8) is 0 Å². The fourth-order valence-electron chi connectivity index (χ4n) is 3.81. The molecule has 0 amide bonds. The first-order valence-electron chi connectivity index (χ1n) is 9.78. The van der Waals surface area contributed by atoms with Gasteiger partial charge in [-0.2, -0.15) is 5.10 Å². The van der Waals surface area contributed by atoms with Crippen LogP contribution in [0.2, 0.25) is 0 Å². The summed E-state index contributed by atoms with van der Waals surface area (Å²) >= 11 is 0. The number of ketones is 1. The van der Waals surface area contributed by atoms with Crippen LogP contribution in [0.5, 0.6) is 0 Å². The molecule has 1 saturated carbocycles. The van der Waals surface area contributed by atoms with Gasteiger partial charge in [0.2, 0.25) is 0 Å². The van der Waals surface area contributed by atoms with Crippen LogP contribution in [0.4, 0.5) is 0 Å². The lowest BCUT2D eigenvalue weighted by molar-refractivity contribution is -0.119. The normalized spacial score (nSPS) is 17.6. The van der Waals surface area contributed by atoms with E-state index >= 15 is 0 Å². The molecule has 3 aromatic rings. The fourth-order valence-corrected chi connectivity index (χ4v) is 3.81. The monoisotopic (exact) mass is 361 g/mol. The van der Waals surface area contributed by atoms with E-state index in [4.69, 9.17) is 0 Å². The third-order valence-electron chi connectivity index (χ3n) is 5.46. The highest BCUT2D eigenvalue weighted by molar-refractivity contribution is 5.86. The first-order chi connectivity index (χ1) is 13.2. The Labute approximate surface area is 158 Å².